The standard InChI is InChI=1S/C19H30N2O3/c1-18(2,20)8-10-24-19(3,4)7-9-21-16(22)14-12-5-6-13(11-12)15(14)17(21)23/h5-6,12-15H,7-11,20H2,1-4H3. The number of rotatable bonds is 7. The molecule has 4 unspecified atom stereocenters. The molecule has 3 rings (SSSR count). The van der Waals surface area contributed by atoms with Gasteiger partial charge in [-0.1, -0.05) is 12.2 Å². The fraction of sp³-hybridized carbons (Fsp3) is 0.789. The second-order valence-electron chi connectivity index (χ2n) is 8.92. The van der Waals surface area contributed by atoms with Crippen LogP contribution in [0.3, 0.4) is 0 Å². The lowest BCUT2D eigenvalue weighted by molar-refractivity contribution is -0.141. The molecule has 5 nitrogen and oxygen atoms in total. The van der Waals surface area contributed by atoms with Gasteiger partial charge in [0.25, 0.3) is 0 Å². The van der Waals surface area contributed by atoms with Crippen molar-refractivity contribution in [2.45, 2.75) is 58.1 Å². The predicted molar refractivity (Wildman–Crippen MR) is 92.0 cm³/mol. The molecule has 2 amide bonds. The monoisotopic (exact) mass is 334 g/mol. The number of fused-ring (bicyclic) bond motifs is 5. The smallest absolute Gasteiger partial charge is 0.233 e. The molecule has 5 heteroatoms. The van der Waals surface area contributed by atoms with Gasteiger partial charge in [-0.25, -0.2) is 0 Å². The van der Waals surface area contributed by atoms with Crippen LogP contribution in [0.1, 0.15) is 47.0 Å². The second kappa shape index (κ2) is 5.95. The Morgan fingerprint density at radius 2 is 1.62 bits per heavy atom. The number of allylic oxidation sites excluding steroid dienone is 2. The Bertz CT molecular complexity index is 531. The summed E-state index contributed by atoms with van der Waals surface area (Å²) in [6.07, 6.45) is 6.66. The summed E-state index contributed by atoms with van der Waals surface area (Å²) in [5.41, 5.74) is 5.35. The molecule has 2 fully saturated rings. The summed E-state index contributed by atoms with van der Waals surface area (Å²) < 4.78 is 5.94. The van der Waals surface area contributed by atoms with Gasteiger partial charge in [0.2, 0.25) is 11.8 Å². The van der Waals surface area contributed by atoms with Crippen LogP contribution in [0.4, 0.5) is 0 Å². The number of imide groups is 1. The molecule has 1 aliphatic heterocycles. The van der Waals surface area contributed by atoms with Crippen molar-refractivity contribution in [1.82, 2.24) is 4.90 Å². The topological polar surface area (TPSA) is 72.6 Å². The van der Waals surface area contributed by atoms with Crippen molar-refractivity contribution in [1.29, 1.82) is 0 Å². The molecule has 0 aromatic carbocycles. The van der Waals surface area contributed by atoms with Gasteiger partial charge in [0.1, 0.15) is 0 Å². The maximum absolute atomic E-state index is 12.7. The van der Waals surface area contributed by atoms with E-state index in [-0.39, 0.29) is 46.6 Å². The van der Waals surface area contributed by atoms with Gasteiger partial charge in [-0.05, 0) is 58.8 Å². The molecule has 0 aromatic rings. The summed E-state index contributed by atoms with van der Waals surface area (Å²) in [5, 5.41) is 0. The maximum atomic E-state index is 12.7. The molecule has 1 saturated heterocycles. The third kappa shape index (κ3) is 3.29. The highest BCUT2D eigenvalue weighted by molar-refractivity contribution is 6.06. The SMILES string of the molecule is CC(C)(N)CCOC(C)(C)CCN1C(=O)C2C3C=CC(C3)C2C1=O. The third-order valence-electron chi connectivity index (χ3n) is 5.74. The Balaban J connectivity index is 1.53. The summed E-state index contributed by atoms with van der Waals surface area (Å²) in [6.45, 7) is 9.00. The van der Waals surface area contributed by atoms with Gasteiger partial charge >= 0.3 is 0 Å². The minimum Gasteiger partial charge on any atom is -0.375 e. The van der Waals surface area contributed by atoms with Crippen molar-refractivity contribution in [2.75, 3.05) is 13.2 Å². The zero-order valence-corrected chi connectivity index (χ0v) is 15.2. The highest BCUT2D eigenvalue weighted by atomic mass is 16.5. The summed E-state index contributed by atoms with van der Waals surface area (Å²) in [5.74, 6) is 0.403. The van der Waals surface area contributed by atoms with Gasteiger partial charge < -0.3 is 10.5 Å². The normalized spacial score (nSPS) is 32.1. The first-order valence-electron chi connectivity index (χ1n) is 9.05. The molecular formula is C19H30N2O3. The number of carbonyl (C=O) groups is 2. The summed E-state index contributed by atoms with van der Waals surface area (Å²) in [6, 6.07) is 0. The Morgan fingerprint density at radius 1 is 1.08 bits per heavy atom. The van der Waals surface area contributed by atoms with Crippen molar-refractivity contribution in [3.8, 4) is 0 Å². The van der Waals surface area contributed by atoms with Gasteiger partial charge in [-0.2, -0.15) is 0 Å². The van der Waals surface area contributed by atoms with Crippen LogP contribution >= 0.6 is 0 Å². The van der Waals surface area contributed by atoms with E-state index >= 15 is 0 Å². The fourth-order valence-corrected chi connectivity index (χ4v) is 4.23. The van der Waals surface area contributed by atoms with Crippen molar-refractivity contribution < 1.29 is 14.3 Å². The van der Waals surface area contributed by atoms with E-state index in [9.17, 15) is 9.59 Å². The van der Waals surface area contributed by atoms with Crippen molar-refractivity contribution in [3.05, 3.63) is 12.2 Å². The Kier molecular flexibility index (Phi) is 4.37. The Morgan fingerprint density at radius 3 is 2.12 bits per heavy atom. The van der Waals surface area contributed by atoms with E-state index in [1.54, 1.807) is 0 Å². The average molecular weight is 334 g/mol. The molecule has 1 heterocycles. The van der Waals surface area contributed by atoms with Gasteiger partial charge in [-0.3, -0.25) is 14.5 Å². The first-order chi connectivity index (χ1) is 11.1. The fourth-order valence-electron chi connectivity index (χ4n) is 4.23. The third-order valence-corrected chi connectivity index (χ3v) is 5.74. The number of carbonyl (C=O) groups excluding carboxylic acids is 2. The largest absolute Gasteiger partial charge is 0.375 e. The van der Waals surface area contributed by atoms with Gasteiger partial charge in [0.15, 0.2) is 0 Å². The number of nitrogens with two attached hydrogens (primary N) is 1. The first kappa shape index (κ1) is 17.6. The van der Waals surface area contributed by atoms with Crippen LogP contribution < -0.4 is 5.73 Å². The van der Waals surface area contributed by atoms with E-state index in [2.05, 4.69) is 12.2 Å². The van der Waals surface area contributed by atoms with E-state index in [0.29, 0.717) is 19.6 Å². The quantitative estimate of drug-likeness (QED) is 0.572. The number of hydrogen-bond acceptors (Lipinski definition) is 4. The van der Waals surface area contributed by atoms with Crippen LogP contribution in [-0.4, -0.2) is 41.0 Å². The van der Waals surface area contributed by atoms with Gasteiger partial charge in [0.05, 0.1) is 17.4 Å². The van der Waals surface area contributed by atoms with Crippen molar-refractivity contribution in [2.24, 2.45) is 29.4 Å². The minimum absolute atomic E-state index is 0.0285. The number of hydrogen-bond donors (Lipinski definition) is 1. The van der Waals surface area contributed by atoms with Crippen LogP contribution in [0.2, 0.25) is 0 Å². The Hall–Kier alpha value is -1.20. The molecule has 4 atom stereocenters. The zero-order valence-electron chi connectivity index (χ0n) is 15.2. The summed E-state index contributed by atoms with van der Waals surface area (Å²) >= 11 is 0. The summed E-state index contributed by atoms with van der Waals surface area (Å²) in [4.78, 5) is 26.8. The highest BCUT2D eigenvalue weighted by Crippen LogP contribution is 2.52. The lowest BCUT2D eigenvalue weighted by atomic mass is 9.85. The number of amides is 2. The van der Waals surface area contributed by atoms with Crippen molar-refractivity contribution in [3.63, 3.8) is 0 Å². The second-order valence-corrected chi connectivity index (χ2v) is 8.92. The van der Waals surface area contributed by atoms with Gasteiger partial charge in [0, 0.05) is 18.7 Å². The van der Waals surface area contributed by atoms with Crippen LogP contribution in [0.25, 0.3) is 0 Å². The van der Waals surface area contributed by atoms with Crippen LogP contribution in [-0.2, 0) is 14.3 Å². The molecule has 2 N–H and O–H groups in total. The molecule has 2 bridgehead atoms. The molecule has 0 spiro atoms. The molecule has 1 saturated carbocycles. The average Bonchev–Trinajstić information content (AvgIpc) is 3.10. The van der Waals surface area contributed by atoms with E-state index in [0.717, 1.165) is 12.8 Å². The van der Waals surface area contributed by atoms with Crippen molar-refractivity contribution >= 4 is 11.8 Å². The minimum atomic E-state index is -0.374. The van der Waals surface area contributed by atoms with Crippen LogP contribution in [0, 0.1) is 23.7 Å². The molecule has 0 radical (unpaired) electrons. The van der Waals surface area contributed by atoms with Crippen LogP contribution in [0.5, 0.6) is 0 Å². The highest BCUT2D eigenvalue weighted by Gasteiger charge is 2.59. The number of ether oxygens (including phenoxy) is 1. The summed E-state index contributed by atoms with van der Waals surface area (Å²) in [7, 11) is 0. The van der Waals surface area contributed by atoms with E-state index in [1.807, 2.05) is 27.7 Å². The lowest BCUT2D eigenvalue weighted by Gasteiger charge is -2.29. The number of nitrogens with zero attached hydrogens (tertiary/aromatic N) is 1. The van der Waals surface area contributed by atoms with Crippen LogP contribution in [0.15, 0.2) is 12.2 Å². The van der Waals surface area contributed by atoms with Gasteiger partial charge in [-0.15, -0.1) is 0 Å². The van der Waals surface area contributed by atoms with E-state index in [4.69, 9.17) is 10.5 Å². The molecule has 24 heavy (non-hydrogen) atoms. The molecule has 3 aliphatic rings. The first-order valence-corrected chi connectivity index (χ1v) is 9.05. The predicted octanol–water partition coefficient (Wildman–Crippen LogP) is 2.11. The molecule has 134 valence electrons. The molecular weight excluding hydrogens is 304 g/mol. The lowest BCUT2D eigenvalue weighted by Crippen LogP contribution is -2.39. The van der Waals surface area contributed by atoms with E-state index in [1.165, 1.54) is 4.90 Å². The Labute approximate surface area is 144 Å². The molecule has 0 aromatic heterocycles. The zero-order chi connectivity index (χ0) is 17.7. The molecule has 2 aliphatic carbocycles. The van der Waals surface area contributed by atoms with E-state index < -0.39 is 0 Å². The maximum Gasteiger partial charge on any atom is 0.233 e. The number of likely N-dealkylation sites (tertiary alicyclic amines) is 1.